The number of hydrogen-bond acceptors (Lipinski definition) is 11. The van der Waals surface area contributed by atoms with E-state index in [1.807, 2.05) is 6.92 Å². The van der Waals surface area contributed by atoms with Gasteiger partial charge in [-0.25, -0.2) is 22.5 Å². The van der Waals surface area contributed by atoms with E-state index >= 15 is 0 Å². The number of anilines is 2. The van der Waals surface area contributed by atoms with Crippen LogP contribution < -0.4 is 19.7 Å². The van der Waals surface area contributed by atoms with E-state index in [2.05, 4.69) is 67.9 Å². The minimum Gasteiger partial charge on any atom is -0.455 e. The minimum atomic E-state index is -4.63. The number of aliphatic hydroxyl groups is 1. The lowest BCUT2D eigenvalue weighted by molar-refractivity contribution is -0.384. The quantitative estimate of drug-likeness (QED) is 0.0614. The van der Waals surface area contributed by atoms with Crippen LogP contribution in [-0.2, 0) is 16.4 Å². The van der Waals surface area contributed by atoms with Gasteiger partial charge in [-0.05, 0) is 129 Å². The predicted octanol–water partition coefficient (Wildman–Crippen LogP) is 9.80. The molecule has 5 aromatic rings. The third kappa shape index (κ3) is 9.62. The zero-order chi connectivity index (χ0) is 47.3. The van der Waals surface area contributed by atoms with E-state index in [-0.39, 0.29) is 39.5 Å². The third-order valence-corrected chi connectivity index (χ3v) is 16.4. The van der Waals surface area contributed by atoms with Gasteiger partial charge in [-0.3, -0.25) is 19.8 Å². The van der Waals surface area contributed by atoms with Gasteiger partial charge in [0.25, 0.3) is 21.6 Å². The largest absolute Gasteiger partial charge is 0.455 e. The minimum absolute atomic E-state index is 0.0517. The number of likely N-dealkylation sites (tertiary alicyclic amines) is 1. The standard InChI is InChI=1S/C51H62FN7O7S/c1-5-42-47(27-40-41(52)29-54-48(40)55-42)66-46-25-34(57-23-21-51(22-24-57)30-58(31-51)44-12-8-11-38(44)37-10-7-6-9-36(37)32(2)3)13-15-39(46)49(60)56-67(64,65)35-14-16-43(45(26-35)59(62)63)53-28-33-17-19-50(4,61)20-18-33/h6-7,9-10,13-16,25-27,29,32-33,38,44,53,61H,5,8,11-12,17-24,28,30-31H2,1-4H3,(H,54,55)(H,56,60)/t33?,38-,44-,50?/m1/s1. The van der Waals surface area contributed by atoms with Crippen molar-refractivity contribution in [1.29, 1.82) is 0 Å². The van der Waals surface area contributed by atoms with Gasteiger partial charge in [0, 0.05) is 62.8 Å². The molecular weight excluding hydrogens is 874 g/mol. The van der Waals surface area contributed by atoms with E-state index in [0.717, 1.165) is 63.6 Å². The zero-order valence-electron chi connectivity index (χ0n) is 38.8. The first-order chi connectivity index (χ1) is 32.0. The van der Waals surface area contributed by atoms with Crippen LogP contribution in [0.4, 0.5) is 21.5 Å². The number of nitrogens with one attached hydrogen (secondary N) is 3. The molecule has 1 amide bonds. The van der Waals surface area contributed by atoms with Crippen molar-refractivity contribution in [2.75, 3.05) is 42.9 Å². The fourth-order valence-corrected chi connectivity index (χ4v) is 12.2. The second kappa shape index (κ2) is 18.5. The number of hydrogen-bond donors (Lipinski definition) is 4. The Morgan fingerprint density at radius 1 is 1.01 bits per heavy atom. The Morgan fingerprint density at radius 2 is 1.76 bits per heavy atom. The van der Waals surface area contributed by atoms with Crippen molar-refractivity contribution in [3.8, 4) is 11.5 Å². The molecule has 0 unspecified atom stereocenters. The molecule has 2 aliphatic carbocycles. The predicted molar refractivity (Wildman–Crippen MR) is 257 cm³/mol. The van der Waals surface area contributed by atoms with E-state index < -0.39 is 42.9 Å². The molecule has 3 aromatic carbocycles. The van der Waals surface area contributed by atoms with E-state index in [1.54, 1.807) is 19.1 Å². The molecule has 2 aromatic heterocycles. The summed E-state index contributed by atoms with van der Waals surface area (Å²) in [7, 11) is -4.63. The van der Waals surface area contributed by atoms with Gasteiger partial charge in [-0.15, -0.1) is 0 Å². The third-order valence-electron chi connectivity index (χ3n) is 15.1. The van der Waals surface area contributed by atoms with Gasteiger partial charge in [0.2, 0.25) is 0 Å². The maximum atomic E-state index is 14.8. The van der Waals surface area contributed by atoms with Gasteiger partial charge >= 0.3 is 0 Å². The highest BCUT2D eigenvalue weighted by atomic mass is 32.2. The monoisotopic (exact) mass is 935 g/mol. The lowest BCUT2D eigenvalue weighted by Crippen LogP contribution is -2.63. The first-order valence-corrected chi connectivity index (χ1v) is 25.4. The number of halogens is 1. The van der Waals surface area contributed by atoms with Gasteiger partial charge in [0.05, 0.1) is 32.1 Å². The van der Waals surface area contributed by atoms with Gasteiger partial charge in [-0.2, -0.15) is 0 Å². The summed E-state index contributed by atoms with van der Waals surface area (Å²) < 4.78 is 51.1. The Kier molecular flexibility index (Phi) is 12.8. The van der Waals surface area contributed by atoms with Crippen molar-refractivity contribution in [2.24, 2.45) is 11.3 Å². The second-order valence-corrected chi connectivity index (χ2v) is 21.8. The zero-order valence-corrected chi connectivity index (χ0v) is 39.6. The average molecular weight is 936 g/mol. The summed E-state index contributed by atoms with van der Waals surface area (Å²) >= 11 is 0. The van der Waals surface area contributed by atoms with Crippen LogP contribution in [0.2, 0.25) is 0 Å². The number of carbonyl (C=O) groups excluding carboxylic acids is 1. The fourth-order valence-electron chi connectivity index (χ4n) is 11.2. The molecule has 4 heterocycles. The molecule has 1 spiro atoms. The summed E-state index contributed by atoms with van der Waals surface area (Å²) in [5.41, 5.74) is 3.72. The number of aromatic amines is 1. The molecule has 2 saturated heterocycles. The Hall–Kier alpha value is -5.58. The van der Waals surface area contributed by atoms with Gasteiger partial charge < -0.3 is 25.0 Å². The molecule has 14 nitrogen and oxygen atoms in total. The highest BCUT2D eigenvalue weighted by Gasteiger charge is 2.49. The number of rotatable bonds is 14. The molecule has 4 N–H and O–H groups in total. The SMILES string of the molecule is CCc1nc2[nH]cc(F)c2cc1Oc1cc(N2CCC3(CC2)CN([C@@H]2CCC[C@@H]2c2ccccc2C(C)C)C3)ccc1C(=O)NS(=O)(=O)c1ccc(NCC2CCC(C)(O)CC2)c([N+](=O)[O-])c1. The first-order valence-electron chi connectivity index (χ1n) is 23.9. The highest BCUT2D eigenvalue weighted by Crippen LogP contribution is 2.49. The summed E-state index contributed by atoms with van der Waals surface area (Å²) in [6.07, 6.45) is 10.1. The average Bonchev–Trinajstić information content (AvgIpc) is 3.93. The molecule has 67 heavy (non-hydrogen) atoms. The van der Waals surface area contributed by atoms with Crippen LogP contribution in [0.3, 0.4) is 0 Å². The van der Waals surface area contributed by atoms with Crippen molar-refractivity contribution in [3.63, 3.8) is 0 Å². The van der Waals surface area contributed by atoms with Gasteiger partial charge in [-0.1, -0.05) is 51.5 Å². The molecule has 2 atom stereocenters. The van der Waals surface area contributed by atoms with Gasteiger partial charge in [0.1, 0.15) is 28.7 Å². The van der Waals surface area contributed by atoms with Gasteiger partial charge in [0.15, 0.2) is 0 Å². The summed E-state index contributed by atoms with van der Waals surface area (Å²) in [6.45, 7) is 12.4. The number of benzene rings is 3. The number of carbonyl (C=O) groups is 1. The van der Waals surface area contributed by atoms with Crippen LogP contribution in [0, 0.1) is 27.3 Å². The fraction of sp³-hybridized carbons (Fsp3) is 0.490. The Balaban J connectivity index is 0.927. The van der Waals surface area contributed by atoms with E-state index in [0.29, 0.717) is 55.0 Å². The molecule has 9 rings (SSSR count). The number of sulfonamides is 1. The number of amides is 1. The van der Waals surface area contributed by atoms with Crippen LogP contribution in [0.25, 0.3) is 11.0 Å². The van der Waals surface area contributed by atoms with Crippen LogP contribution in [0.15, 0.2) is 77.8 Å². The molecule has 4 fully saturated rings. The van der Waals surface area contributed by atoms with E-state index in [4.69, 9.17) is 4.74 Å². The molecule has 2 aliphatic heterocycles. The van der Waals surface area contributed by atoms with E-state index in [1.165, 1.54) is 60.9 Å². The number of nitro groups is 1. The lowest BCUT2D eigenvalue weighted by atomic mass is 9.70. The number of fused-ring (bicyclic) bond motifs is 1. The topological polar surface area (TPSA) is 183 Å². The molecule has 4 aliphatic rings. The Labute approximate surface area is 391 Å². The summed E-state index contributed by atoms with van der Waals surface area (Å²) in [5, 5.41) is 25.8. The molecule has 0 radical (unpaired) electrons. The number of nitrogens with zero attached hydrogens (tertiary/aromatic N) is 4. The van der Waals surface area contributed by atoms with Crippen LogP contribution >= 0.6 is 0 Å². The molecule has 356 valence electrons. The first kappa shape index (κ1) is 46.5. The van der Waals surface area contributed by atoms with Crippen molar-refractivity contribution in [2.45, 2.75) is 120 Å². The maximum Gasteiger partial charge on any atom is 0.293 e. The number of pyridine rings is 1. The lowest BCUT2D eigenvalue weighted by Gasteiger charge is -2.57. The summed E-state index contributed by atoms with van der Waals surface area (Å²) in [5.74, 6) is -0.0350. The van der Waals surface area contributed by atoms with Crippen molar-refractivity contribution in [1.82, 2.24) is 19.6 Å². The maximum absolute atomic E-state index is 14.8. The summed E-state index contributed by atoms with van der Waals surface area (Å²) in [6, 6.07) is 19.6. The number of ether oxygens (including phenoxy) is 1. The van der Waals surface area contributed by atoms with Crippen LogP contribution in [-0.4, -0.2) is 83.6 Å². The summed E-state index contributed by atoms with van der Waals surface area (Å²) in [4.78, 5) is 37.6. The van der Waals surface area contributed by atoms with Crippen molar-refractivity contribution >= 4 is 44.0 Å². The number of H-pyrrole nitrogens is 1. The van der Waals surface area contributed by atoms with Crippen LogP contribution in [0.5, 0.6) is 11.5 Å². The molecular formula is C51H62FN7O7S. The molecule has 16 heteroatoms. The van der Waals surface area contributed by atoms with E-state index in [9.17, 15) is 32.8 Å². The number of aryl methyl sites for hydroxylation is 1. The number of nitro benzene ring substituents is 1. The normalized spacial score (nSPS) is 23.1. The number of aromatic nitrogens is 2. The Morgan fingerprint density at radius 3 is 2.48 bits per heavy atom. The second-order valence-electron chi connectivity index (χ2n) is 20.1. The highest BCUT2D eigenvalue weighted by molar-refractivity contribution is 7.90. The Bertz CT molecular complexity index is 2770. The molecule has 0 bridgehead atoms. The van der Waals surface area contributed by atoms with Crippen molar-refractivity contribution in [3.05, 3.63) is 111 Å². The smallest absolute Gasteiger partial charge is 0.293 e. The molecule has 2 saturated carbocycles. The van der Waals surface area contributed by atoms with Crippen LogP contribution in [0.1, 0.15) is 124 Å². The number of piperidine rings is 1. The van der Waals surface area contributed by atoms with Crippen molar-refractivity contribution < 1.29 is 32.4 Å².